The van der Waals surface area contributed by atoms with Crippen molar-refractivity contribution in [3.63, 3.8) is 0 Å². The Hall–Kier alpha value is -0.640. The van der Waals surface area contributed by atoms with Crippen molar-refractivity contribution in [2.45, 2.75) is 27.2 Å². The Bertz CT molecular complexity index is 372. The SMILES string of the molecule is CC(C)(C)CCOc1cc(Br)cc(F)c1F. The van der Waals surface area contributed by atoms with Gasteiger partial charge in [-0.2, -0.15) is 4.39 Å². The molecule has 0 aliphatic carbocycles. The Morgan fingerprint density at radius 1 is 1.25 bits per heavy atom. The van der Waals surface area contributed by atoms with E-state index < -0.39 is 11.6 Å². The van der Waals surface area contributed by atoms with Gasteiger partial charge in [0.2, 0.25) is 5.82 Å². The van der Waals surface area contributed by atoms with E-state index in [0.717, 1.165) is 12.5 Å². The van der Waals surface area contributed by atoms with Crippen molar-refractivity contribution in [3.05, 3.63) is 28.2 Å². The molecule has 0 fully saturated rings. The highest BCUT2D eigenvalue weighted by Crippen LogP contribution is 2.26. The van der Waals surface area contributed by atoms with Gasteiger partial charge < -0.3 is 4.74 Å². The second-order valence-electron chi connectivity index (χ2n) is 4.86. The number of rotatable bonds is 3. The largest absolute Gasteiger partial charge is 0.490 e. The molecule has 1 rings (SSSR count). The Balaban J connectivity index is 2.67. The molecule has 0 aromatic heterocycles. The third-order valence-electron chi connectivity index (χ3n) is 2.07. The fourth-order valence-corrected chi connectivity index (χ4v) is 1.51. The third-order valence-corrected chi connectivity index (χ3v) is 2.53. The number of hydrogen-bond acceptors (Lipinski definition) is 1. The molecule has 0 amide bonds. The summed E-state index contributed by atoms with van der Waals surface area (Å²) in [5.41, 5.74) is 0.112. The van der Waals surface area contributed by atoms with E-state index in [4.69, 9.17) is 4.74 Å². The Morgan fingerprint density at radius 2 is 1.88 bits per heavy atom. The molecule has 0 spiro atoms. The lowest BCUT2D eigenvalue weighted by Gasteiger charge is -2.18. The molecule has 0 aliphatic heterocycles. The molecule has 4 heteroatoms. The molecule has 0 N–H and O–H groups in total. The van der Waals surface area contributed by atoms with E-state index in [2.05, 4.69) is 36.7 Å². The quantitative estimate of drug-likeness (QED) is 0.743. The first kappa shape index (κ1) is 13.4. The Kier molecular flexibility index (Phi) is 4.30. The van der Waals surface area contributed by atoms with Crippen molar-refractivity contribution in [2.24, 2.45) is 5.41 Å². The van der Waals surface area contributed by atoms with Crippen molar-refractivity contribution in [3.8, 4) is 5.75 Å². The molecule has 16 heavy (non-hydrogen) atoms. The zero-order chi connectivity index (χ0) is 12.3. The van der Waals surface area contributed by atoms with E-state index >= 15 is 0 Å². The van der Waals surface area contributed by atoms with E-state index in [1.54, 1.807) is 0 Å². The van der Waals surface area contributed by atoms with Crippen LogP contribution in [-0.4, -0.2) is 6.61 Å². The van der Waals surface area contributed by atoms with Gasteiger partial charge in [0.1, 0.15) is 0 Å². The second-order valence-corrected chi connectivity index (χ2v) is 5.77. The van der Waals surface area contributed by atoms with Crippen LogP contribution in [0.25, 0.3) is 0 Å². The highest BCUT2D eigenvalue weighted by molar-refractivity contribution is 9.10. The molecule has 0 heterocycles. The number of hydrogen-bond donors (Lipinski definition) is 0. The number of halogens is 3. The summed E-state index contributed by atoms with van der Waals surface area (Å²) in [4.78, 5) is 0. The minimum absolute atomic E-state index is 0.0453. The van der Waals surface area contributed by atoms with Crippen LogP contribution in [0, 0.1) is 17.0 Å². The van der Waals surface area contributed by atoms with Gasteiger partial charge in [-0.1, -0.05) is 36.7 Å². The average molecular weight is 293 g/mol. The highest BCUT2D eigenvalue weighted by atomic mass is 79.9. The summed E-state index contributed by atoms with van der Waals surface area (Å²) in [5, 5.41) is 0. The van der Waals surface area contributed by atoms with Gasteiger partial charge in [-0.05, 0) is 24.0 Å². The van der Waals surface area contributed by atoms with Crippen LogP contribution in [0.5, 0.6) is 5.75 Å². The van der Waals surface area contributed by atoms with E-state index in [9.17, 15) is 8.78 Å². The maximum atomic E-state index is 13.3. The van der Waals surface area contributed by atoms with Crippen LogP contribution in [-0.2, 0) is 0 Å². The first-order valence-corrected chi connectivity index (χ1v) is 5.86. The van der Waals surface area contributed by atoms with Crippen molar-refractivity contribution in [1.29, 1.82) is 0 Å². The van der Waals surface area contributed by atoms with E-state index in [0.29, 0.717) is 11.1 Å². The lowest BCUT2D eigenvalue weighted by molar-refractivity contribution is 0.233. The highest BCUT2D eigenvalue weighted by Gasteiger charge is 2.14. The fourth-order valence-electron chi connectivity index (χ4n) is 1.10. The van der Waals surface area contributed by atoms with Crippen LogP contribution in [0.3, 0.4) is 0 Å². The van der Waals surface area contributed by atoms with Crippen LogP contribution in [0.2, 0.25) is 0 Å². The standard InChI is InChI=1S/C12H15BrF2O/c1-12(2,3)4-5-16-10-7-8(13)6-9(14)11(10)15/h6-7H,4-5H2,1-3H3. The summed E-state index contributed by atoms with van der Waals surface area (Å²) in [7, 11) is 0. The van der Waals surface area contributed by atoms with Gasteiger partial charge in [-0.3, -0.25) is 0 Å². The molecular formula is C12H15BrF2O. The molecule has 90 valence electrons. The van der Waals surface area contributed by atoms with Gasteiger partial charge in [0, 0.05) is 4.47 Å². The van der Waals surface area contributed by atoms with Crippen molar-refractivity contribution >= 4 is 15.9 Å². The zero-order valence-corrected chi connectivity index (χ0v) is 11.2. The predicted octanol–water partition coefficient (Wildman–Crippen LogP) is 4.54. The molecule has 1 nitrogen and oxygen atoms in total. The Labute approximate surface area is 103 Å². The molecule has 0 aliphatic rings. The summed E-state index contributed by atoms with van der Waals surface area (Å²) in [6, 6.07) is 2.51. The minimum Gasteiger partial charge on any atom is -0.490 e. The van der Waals surface area contributed by atoms with E-state index in [1.165, 1.54) is 6.07 Å². The first-order valence-electron chi connectivity index (χ1n) is 5.07. The molecule has 0 bridgehead atoms. The fraction of sp³-hybridized carbons (Fsp3) is 0.500. The van der Waals surface area contributed by atoms with Gasteiger partial charge in [0.25, 0.3) is 0 Å². The van der Waals surface area contributed by atoms with Crippen LogP contribution < -0.4 is 4.74 Å². The van der Waals surface area contributed by atoms with Gasteiger partial charge in [0.05, 0.1) is 6.61 Å². The summed E-state index contributed by atoms with van der Waals surface area (Å²) in [6.07, 6.45) is 0.778. The van der Waals surface area contributed by atoms with Crippen LogP contribution >= 0.6 is 15.9 Å². The summed E-state index contributed by atoms with van der Waals surface area (Å²) >= 11 is 3.09. The number of ether oxygens (including phenoxy) is 1. The minimum atomic E-state index is -0.933. The maximum Gasteiger partial charge on any atom is 0.200 e. The summed E-state index contributed by atoms with van der Waals surface area (Å²) in [6.45, 7) is 6.56. The molecule has 0 atom stereocenters. The molecule has 0 saturated carbocycles. The molecular weight excluding hydrogens is 278 g/mol. The van der Waals surface area contributed by atoms with Gasteiger partial charge >= 0.3 is 0 Å². The zero-order valence-electron chi connectivity index (χ0n) is 9.61. The molecule has 0 unspecified atom stereocenters. The summed E-state index contributed by atoms with van der Waals surface area (Å²) < 4.78 is 32.0. The topological polar surface area (TPSA) is 9.23 Å². The van der Waals surface area contributed by atoms with Crippen LogP contribution in [0.4, 0.5) is 8.78 Å². The van der Waals surface area contributed by atoms with Crippen molar-refractivity contribution in [1.82, 2.24) is 0 Å². The van der Waals surface area contributed by atoms with E-state index in [-0.39, 0.29) is 11.2 Å². The van der Waals surface area contributed by atoms with Crippen molar-refractivity contribution < 1.29 is 13.5 Å². The van der Waals surface area contributed by atoms with Gasteiger partial charge in [-0.15, -0.1) is 0 Å². The molecule has 0 saturated heterocycles. The smallest absolute Gasteiger partial charge is 0.200 e. The molecule has 1 aromatic carbocycles. The number of benzene rings is 1. The first-order chi connectivity index (χ1) is 7.29. The second kappa shape index (κ2) is 5.13. The molecule has 1 aromatic rings. The summed E-state index contributed by atoms with van der Waals surface area (Å²) in [5.74, 6) is -1.88. The predicted molar refractivity (Wildman–Crippen MR) is 63.6 cm³/mol. The van der Waals surface area contributed by atoms with Crippen LogP contribution in [0.15, 0.2) is 16.6 Å². The monoisotopic (exact) mass is 292 g/mol. The normalized spacial score (nSPS) is 11.6. The van der Waals surface area contributed by atoms with Crippen molar-refractivity contribution in [2.75, 3.05) is 6.61 Å². The van der Waals surface area contributed by atoms with Gasteiger partial charge in [0.15, 0.2) is 11.6 Å². The lowest BCUT2D eigenvalue weighted by atomic mass is 9.93. The Morgan fingerprint density at radius 3 is 2.44 bits per heavy atom. The maximum absolute atomic E-state index is 13.3. The third kappa shape index (κ3) is 4.08. The lowest BCUT2D eigenvalue weighted by Crippen LogP contribution is -2.11. The average Bonchev–Trinajstić information content (AvgIpc) is 2.11. The van der Waals surface area contributed by atoms with Crippen LogP contribution in [0.1, 0.15) is 27.2 Å². The van der Waals surface area contributed by atoms with Gasteiger partial charge in [-0.25, -0.2) is 4.39 Å². The van der Waals surface area contributed by atoms with E-state index in [1.807, 2.05) is 0 Å². The molecule has 0 radical (unpaired) electrons.